The number of carbonyl (C=O) groups excluding carboxylic acids is 2. The van der Waals surface area contributed by atoms with Gasteiger partial charge in [0.05, 0.1) is 23.0 Å². The Balaban J connectivity index is 1.47. The van der Waals surface area contributed by atoms with E-state index in [0.29, 0.717) is 28.8 Å². The van der Waals surface area contributed by atoms with Gasteiger partial charge in [0.1, 0.15) is 0 Å². The second-order valence-corrected chi connectivity index (χ2v) is 9.98. The van der Waals surface area contributed by atoms with Crippen LogP contribution in [0, 0.1) is 0 Å². The van der Waals surface area contributed by atoms with E-state index in [1.807, 2.05) is 4.90 Å². The molecule has 30 heavy (non-hydrogen) atoms. The Bertz CT molecular complexity index is 1070. The summed E-state index contributed by atoms with van der Waals surface area (Å²) in [7, 11) is -3.58. The first-order chi connectivity index (χ1) is 14.3. The van der Waals surface area contributed by atoms with Gasteiger partial charge in [-0.2, -0.15) is 4.31 Å². The Labute approximate surface area is 184 Å². The van der Waals surface area contributed by atoms with Crippen molar-refractivity contribution in [2.24, 2.45) is 0 Å². The van der Waals surface area contributed by atoms with Crippen molar-refractivity contribution >= 4 is 50.7 Å². The van der Waals surface area contributed by atoms with Gasteiger partial charge in [0.15, 0.2) is 0 Å². The number of sulfonamides is 1. The van der Waals surface area contributed by atoms with Crippen LogP contribution in [0.1, 0.15) is 6.42 Å². The molecule has 0 spiro atoms. The van der Waals surface area contributed by atoms with Gasteiger partial charge in [-0.1, -0.05) is 41.4 Å². The van der Waals surface area contributed by atoms with Crippen molar-refractivity contribution in [2.45, 2.75) is 17.4 Å². The molecule has 0 aromatic heterocycles. The third-order valence-corrected chi connectivity index (χ3v) is 7.67. The van der Waals surface area contributed by atoms with Gasteiger partial charge in [0, 0.05) is 36.2 Å². The minimum absolute atomic E-state index is 0.0361. The molecule has 0 unspecified atom stereocenters. The van der Waals surface area contributed by atoms with E-state index < -0.39 is 16.1 Å². The average Bonchev–Trinajstić information content (AvgIpc) is 3.02. The van der Waals surface area contributed by atoms with E-state index in [0.717, 1.165) is 4.90 Å². The van der Waals surface area contributed by atoms with Crippen LogP contribution in [0.4, 0.5) is 5.69 Å². The summed E-state index contributed by atoms with van der Waals surface area (Å²) in [6.07, 6.45) is 0.0361. The summed E-state index contributed by atoms with van der Waals surface area (Å²) < 4.78 is 27.0. The van der Waals surface area contributed by atoms with Crippen LogP contribution in [0.25, 0.3) is 0 Å². The highest BCUT2D eigenvalue weighted by molar-refractivity contribution is 7.89. The molecule has 4 rings (SSSR count). The zero-order valence-corrected chi connectivity index (χ0v) is 18.2. The Kier molecular flexibility index (Phi) is 5.87. The molecule has 2 aliphatic rings. The molecule has 0 saturated carbocycles. The summed E-state index contributed by atoms with van der Waals surface area (Å²) in [5.41, 5.74) is 0.343. The molecule has 0 N–H and O–H groups in total. The lowest BCUT2D eigenvalue weighted by Crippen LogP contribution is -2.53. The summed E-state index contributed by atoms with van der Waals surface area (Å²) in [5.74, 6) is -0.680. The minimum Gasteiger partial charge on any atom is -0.289 e. The monoisotopic (exact) mass is 467 g/mol. The molecule has 10 heteroatoms. The number of nitrogens with zero attached hydrogens (tertiary/aromatic N) is 3. The lowest BCUT2D eigenvalue weighted by molar-refractivity contribution is -0.123. The number of carbonyl (C=O) groups is 2. The fraction of sp³-hybridized carbons (Fsp3) is 0.300. The van der Waals surface area contributed by atoms with Crippen LogP contribution in [0.3, 0.4) is 0 Å². The largest absolute Gasteiger partial charge is 0.289 e. The van der Waals surface area contributed by atoms with Gasteiger partial charge in [0.2, 0.25) is 15.9 Å². The maximum Gasteiger partial charge on any atom is 0.251 e. The molecule has 2 heterocycles. The van der Waals surface area contributed by atoms with Crippen LogP contribution in [0.15, 0.2) is 53.4 Å². The molecular weight excluding hydrogens is 449 g/mol. The molecule has 2 aliphatic heterocycles. The van der Waals surface area contributed by atoms with Crippen LogP contribution >= 0.6 is 23.2 Å². The van der Waals surface area contributed by atoms with Gasteiger partial charge in [-0.25, -0.2) is 13.3 Å². The first kappa shape index (κ1) is 21.3. The SMILES string of the molecule is O=C1C[C@@H](N2CCN(S(=O)(=O)c3ccccc3)CC2)C(=O)N1c1cc(Cl)cc(Cl)c1. The lowest BCUT2D eigenvalue weighted by atomic mass is 10.2. The standard InChI is InChI=1S/C20H19Cl2N3O4S/c21-14-10-15(22)12-16(11-14)25-19(26)13-18(20(25)27)23-6-8-24(9-7-23)30(28,29)17-4-2-1-3-5-17/h1-5,10-12,18H,6-9,13H2/t18-/m1/s1. The molecule has 1 atom stereocenters. The smallest absolute Gasteiger partial charge is 0.251 e. The predicted molar refractivity (Wildman–Crippen MR) is 114 cm³/mol. The van der Waals surface area contributed by atoms with Crippen LogP contribution in [-0.2, 0) is 19.6 Å². The maximum absolute atomic E-state index is 13.0. The number of halogens is 2. The van der Waals surface area contributed by atoms with E-state index in [9.17, 15) is 18.0 Å². The number of amides is 2. The van der Waals surface area contributed by atoms with Crippen molar-refractivity contribution in [3.05, 3.63) is 58.6 Å². The van der Waals surface area contributed by atoms with Gasteiger partial charge < -0.3 is 0 Å². The fourth-order valence-electron chi connectivity index (χ4n) is 3.84. The number of hydrogen-bond donors (Lipinski definition) is 0. The van der Waals surface area contributed by atoms with Crippen LogP contribution in [0.5, 0.6) is 0 Å². The number of piperazine rings is 1. The quantitative estimate of drug-likeness (QED) is 0.645. The van der Waals surface area contributed by atoms with E-state index >= 15 is 0 Å². The topological polar surface area (TPSA) is 78.0 Å². The Hall–Kier alpha value is -1.97. The van der Waals surface area contributed by atoms with Gasteiger partial charge in [-0.15, -0.1) is 0 Å². The Morgan fingerprint density at radius 3 is 2.07 bits per heavy atom. The molecule has 2 fully saturated rings. The summed E-state index contributed by atoms with van der Waals surface area (Å²) >= 11 is 12.0. The highest BCUT2D eigenvalue weighted by Crippen LogP contribution is 2.31. The minimum atomic E-state index is -3.58. The Morgan fingerprint density at radius 2 is 1.47 bits per heavy atom. The highest BCUT2D eigenvalue weighted by Gasteiger charge is 2.44. The van der Waals surface area contributed by atoms with Crippen LogP contribution in [0.2, 0.25) is 10.0 Å². The maximum atomic E-state index is 13.0. The van der Waals surface area contributed by atoms with Crippen LogP contribution < -0.4 is 4.90 Å². The van der Waals surface area contributed by atoms with E-state index in [-0.39, 0.29) is 36.2 Å². The van der Waals surface area contributed by atoms with Gasteiger partial charge in [-0.3, -0.25) is 14.5 Å². The molecule has 2 aromatic carbocycles. The zero-order chi connectivity index (χ0) is 21.5. The first-order valence-corrected chi connectivity index (χ1v) is 11.6. The lowest BCUT2D eigenvalue weighted by Gasteiger charge is -2.36. The molecule has 2 saturated heterocycles. The molecular formula is C20H19Cl2N3O4S. The second kappa shape index (κ2) is 8.28. The molecule has 7 nitrogen and oxygen atoms in total. The van der Waals surface area contributed by atoms with Crippen molar-refractivity contribution < 1.29 is 18.0 Å². The summed E-state index contributed by atoms with van der Waals surface area (Å²) in [6.45, 7) is 1.22. The number of hydrogen-bond acceptors (Lipinski definition) is 5. The molecule has 2 aromatic rings. The first-order valence-electron chi connectivity index (χ1n) is 9.39. The highest BCUT2D eigenvalue weighted by atomic mass is 35.5. The summed E-state index contributed by atoms with van der Waals surface area (Å²) in [4.78, 5) is 28.8. The molecule has 0 aliphatic carbocycles. The third-order valence-electron chi connectivity index (χ3n) is 5.32. The molecule has 2 amide bonds. The number of anilines is 1. The van der Waals surface area contributed by atoms with Crippen molar-refractivity contribution in [2.75, 3.05) is 31.1 Å². The van der Waals surface area contributed by atoms with E-state index in [1.54, 1.807) is 30.3 Å². The van der Waals surface area contributed by atoms with Gasteiger partial charge in [-0.05, 0) is 30.3 Å². The van der Waals surface area contributed by atoms with E-state index in [1.165, 1.54) is 22.5 Å². The van der Waals surface area contributed by atoms with Crippen molar-refractivity contribution in [1.82, 2.24) is 9.21 Å². The number of imide groups is 1. The normalized spacial score (nSPS) is 21.4. The van der Waals surface area contributed by atoms with Crippen molar-refractivity contribution in [1.29, 1.82) is 0 Å². The van der Waals surface area contributed by atoms with Crippen molar-refractivity contribution in [3.8, 4) is 0 Å². The number of benzene rings is 2. The molecule has 158 valence electrons. The fourth-order valence-corrected chi connectivity index (χ4v) is 5.80. The van der Waals surface area contributed by atoms with E-state index in [4.69, 9.17) is 23.2 Å². The molecule has 0 bridgehead atoms. The van der Waals surface area contributed by atoms with Crippen LogP contribution in [-0.4, -0.2) is 61.7 Å². The average molecular weight is 468 g/mol. The zero-order valence-electron chi connectivity index (χ0n) is 15.9. The predicted octanol–water partition coefficient (Wildman–Crippen LogP) is 2.63. The second-order valence-electron chi connectivity index (χ2n) is 7.17. The van der Waals surface area contributed by atoms with E-state index in [2.05, 4.69) is 0 Å². The molecule has 0 radical (unpaired) electrons. The van der Waals surface area contributed by atoms with Gasteiger partial charge in [0.25, 0.3) is 5.91 Å². The number of rotatable bonds is 4. The Morgan fingerprint density at radius 1 is 0.867 bits per heavy atom. The summed E-state index contributed by atoms with van der Waals surface area (Å²) in [6, 6.07) is 12.2. The summed E-state index contributed by atoms with van der Waals surface area (Å²) in [5, 5.41) is 0.669. The third kappa shape index (κ3) is 3.98. The van der Waals surface area contributed by atoms with Gasteiger partial charge >= 0.3 is 0 Å². The van der Waals surface area contributed by atoms with Crippen molar-refractivity contribution in [3.63, 3.8) is 0 Å².